The molecular weight excluding hydrogens is 342 g/mol. The van der Waals surface area contributed by atoms with Crippen LogP contribution in [0.3, 0.4) is 0 Å². The van der Waals surface area contributed by atoms with Crippen LogP contribution in [0.15, 0.2) is 0 Å². The van der Waals surface area contributed by atoms with Crippen molar-refractivity contribution in [1.29, 1.82) is 10.5 Å². The van der Waals surface area contributed by atoms with Crippen LogP contribution in [0.4, 0.5) is 5.69 Å². The molecule has 4 nitrogen and oxygen atoms in total. The summed E-state index contributed by atoms with van der Waals surface area (Å²) in [5.74, 6) is 0. The van der Waals surface area contributed by atoms with Gasteiger partial charge >= 0.3 is 0 Å². The number of halogens is 4. The molecule has 1 saturated heterocycles. The molecule has 2 rings (SSSR count). The molecule has 0 amide bonds. The Hall–Kier alpha value is -0.880. The lowest BCUT2D eigenvalue weighted by atomic mass is 10.1. The van der Waals surface area contributed by atoms with Crippen LogP contribution < -0.4 is 10.2 Å². The van der Waals surface area contributed by atoms with Crippen LogP contribution in [-0.4, -0.2) is 26.2 Å². The average Bonchev–Trinajstić information content (AvgIpc) is 2.44. The van der Waals surface area contributed by atoms with Crippen molar-refractivity contribution in [2.45, 2.75) is 0 Å². The van der Waals surface area contributed by atoms with Crippen molar-refractivity contribution in [2.75, 3.05) is 31.1 Å². The molecule has 0 unspecified atom stereocenters. The van der Waals surface area contributed by atoms with E-state index in [0.717, 1.165) is 13.1 Å². The highest BCUT2D eigenvalue weighted by Gasteiger charge is 2.25. The van der Waals surface area contributed by atoms with E-state index in [-0.39, 0.29) is 38.6 Å². The molecule has 0 aliphatic carbocycles. The number of hydrogen-bond donors (Lipinski definition) is 1. The van der Waals surface area contributed by atoms with Gasteiger partial charge in [-0.3, -0.25) is 0 Å². The molecule has 1 heterocycles. The summed E-state index contributed by atoms with van der Waals surface area (Å²) in [7, 11) is 0. The molecule has 0 bridgehead atoms. The SMILES string of the molecule is Cl.N#Cc1c(Cl)c(Cl)c(N2CCNCC2)c(C#N)c1Cl. The second-order valence-corrected chi connectivity index (χ2v) is 5.14. The fraction of sp³-hybridized carbons (Fsp3) is 0.333. The third-order valence-electron chi connectivity index (χ3n) is 2.95. The average molecular weight is 352 g/mol. The van der Waals surface area contributed by atoms with Gasteiger partial charge in [0, 0.05) is 26.2 Å². The van der Waals surface area contributed by atoms with E-state index in [0.29, 0.717) is 18.8 Å². The Morgan fingerprint density at radius 2 is 1.45 bits per heavy atom. The van der Waals surface area contributed by atoms with Gasteiger partial charge in [-0.1, -0.05) is 34.8 Å². The summed E-state index contributed by atoms with van der Waals surface area (Å²) in [5.41, 5.74) is 0.762. The number of piperazine rings is 1. The van der Waals surface area contributed by atoms with Gasteiger partial charge < -0.3 is 10.2 Å². The van der Waals surface area contributed by atoms with Gasteiger partial charge in [0.1, 0.15) is 12.1 Å². The summed E-state index contributed by atoms with van der Waals surface area (Å²) < 4.78 is 0. The lowest BCUT2D eigenvalue weighted by Gasteiger charge is -2.31. The Bertz CT molecular complexity index is 597. The van der Waals surface area contributed by atoms with Crippen LogP contribution in [-0.2, 0) is 0 Å². The number of rotatable bonds is 1. The first kappa shape index (κ1) is 17.2. The van der Waals surface area contributed by atoms with E-state index in [1.165, 1.54) is 0 Å². The van der Waals surface area contributed by atoms with E-state index in [1.807, 2.05) is 17.0 Å². The molecule has 1 aliphatic rings. The molecule has 1 N–H and O–H groups in total. The third kappa shape index (κ3) is 2.91. The predicted octanol–water partition coefficient (Wildman–Crippen LogP) is 3.22. The van der Waals surface area contributed by atoms with Crippen LogP contribution >= 0.6 is 47.2 Å². The first-order valence-corrected chi connectivity index (χ1v) is 6.71. The molecule has 0 spiro atoms. The smallest absolute Gasteiger partial charge is 0.103 e. The van der Waals surface area contributed by atoms with Gasteiger partial charge in [0.05, 0.1) is 31.9 Å². The molecule has 1 aromatic rings. The molecule has 106 valence electrons. The zero-order valence-electron chi connectivity index (χ0n) is 10.2. The molecule has 1 aliphatic heterocycles. The Morgan fingerprint density at radius 1 is 0.900 bits per heavy atom. The number of nitriles is 2. The molecule has 1 fully saturated rings. The monoisotopic (exact) mass is 350 g/mol. The minimum absolute atomic E-state index is 0. The molecule has 0 saturated carbocycles. The third-order valence-corrected chi connectivity index (χ3v) is 4.17. The van der Waals surface area contributed by atoms with Crippen molar-refractivity contribution in [1.82, 2.24) is 5.32 Å². The number of hydrogen-bond acceptors (Lipinski definition) is 4. The highest BCUT2D eigenvalue weighted by Crippen LogP contribution is 2.42. The maximum absolute atomic E-state index is 9.28. The van der Waals surface area contributed by atoms with Crippen LogP contribution in [0, 0.1) is 22.7 Å². The molecule has 0 aromatic heterocycles. The van der Waals surface area contributed by atoms with E-state index in [1.54, 1.807) is 0 Å². The van der Waals surface area contributed by atoms with Gasteiger partial charge in [-0.15, -0.1) is 12.4 Å². The molecule has 0 atom stereocenters. The van der Waals surface area contributed by atoms with Gasteiger partial charge in [-0.05, 0) is 0 Å². The highest BCUT2D eigenvalue weighted by molar-refractivity contribution is 6.46. The van der Waals surface area contributed by atoms with Crippen molar-refractivity contribution >= 4 is 52.9 Å². The zero-order chi connectivity index (χ0) is 14.0. The van der Waals surface area contributed by atoms with E-state index in [4.69, 9.17) is 40.1 Å². The predicted molar refractivity (Wildman–Crippen MR) is 83.2 cm³/mol. The van der Waals surface area contributed by atoms with Gasteiger partial charge in [0.25, 0.3) is 0 Å². The van der Waals surface area contributed by atoms with Crippen LogP contribution in [0.25, 0.3) is 0 Å². The van der Waals surface area contributed by atoms with Gasteiger partial charge in [0.2, 0.25) is 0 Å². The molecule has 0 radical (unpaired) electrons. The number of benzene rings is 1. The minimum Gasteiger partial charge on any atom is -0.367 e. The second-order valence-electron chi connectivity index (χ2n) is 4.00. The number of nitrogens with zero attached hydrogens (tertiary/aromatic N) is 3. The first-order valence-electron chi connectivity index (χ1n) is 5.58. The molecule has 1 aromatic carbocycles. The van der Waals surface area contributed by atoms with Crippen LogP contribution in [0.1, 0.15) is 11.1 Å². The molecule has 8 heteroatoms. The summed E-state index contributed by atoms with van der Waals surface area (Å²) in [6.07, 6.45) is 0. The summed E-state index contributed by atoms with van der Waals surface area (Å²) in [6.45, 7) is 2.98. The standard InChI is InChI=1S/C12H9Cl3N4.ClH/c13-9-7(5-16)10(14)11(15)12(8(9)6-17)19-3-1-18-2-4-19;/h18H,1-4H2;1H. The van der Waals surface area contributed by atoms with Crippen molar-refractivity contribution in [2.24, 2.45) is 0 Å². The van der Waals surface area contributed by atoms with Crippen LogP contribution in [0.5, 0.6) is 0 Å². The summed E-state index contributed by atoms with van der Waals surface area (Å²) in [5, 5.41) is 21.9. The number of nitrogens with one attached hydrogen (secondary N) is 1. The van der Waals surface area contributed by atoms with Gasteiger partial charge in [0.15, 0.2) is 0 Å². The van der Waals surface area contributed by atoms with Gasteiger partial charge in [-0.2, -0.15) is 10.5 Å². The second kappa shape index (κ2) is 7.22. The Labute approximate surface area is 138 Å². The summed E-state index contributed by atoms with van der Waals surface area (Å²) >= 11 is 18.4. The van der Waals surface area contributed by atoms with Crippen molar-refractivity contribution < 1.29 is 0 Å². The lowest BCUT2D eigenvalue weighted by molar-refractivity contribution is 0.589. The van der Waals surface area contributed by atoms with Crippen LogP contribution in [0.2, 0.25) is 15.1 Å². The quantitative estimate of drug-likeness (QED) is 0.789. The maximum Gasteiger partial charge on any atom is 0.103 e. The Balaban J connectivity index is 0.00000200. The van der Waals surface area contributed by atoms with E-state index >= 15 is 0 Å². The van der Waals surface area contributed by atoms with Crippen molar-refractivity contribution in [3.8, 4) is 12.1 Å². The van der Waals surface area contributed by atoms with Gasteiger partial charge in [-0.25, -0.2) is 0 Å². The molecule has 20 heavy (non-hydrogen) atoms. The first-order chi connectivity index (χ1) is 9.11. The van der Waals surface area contributed by atoms with Crippen molar-refractivity contribution in [3.05, 3.63) is 26.2 Å². The number of anilines is 1. The van der Waals surface area contributed by atoms with E-state index < -0.39 is 0 Å². The van der Waals surface area contributed by atoms with Crippen molar-refractivity contribution in [3.63, 3.8) is 0 Å². The molecular formula is C12H10Cl4N4. The summed E-state index contributed by atoms with van der Waals surface area (Å²) in [6, 6.07) is 3.89. The fourth-order valence-electron chi connectivity index (χ4n) is 2.03. The largest absolute Gasteiger partial charge is 0.367 e. The highest BCUT2D eigenvalue weighted by atomic mass is 35.5. The zero-order valence-corrected chi connectivity index (χ0v) is 13.3. The minimum atomic E-state index is 0. The lowest BCUT2D eigenvalue weighted by Crippen LogP contribution is -2.44. The van der Waals surface area contributed by atoms with E-state index in [2.05, 4.69) is 5.32 Å². The normalized spacial score (nSPS) is 14.2. The fourth-order valence-corrected chi connectivity index (χ4v) is 2.89. The maximum atomic E-state index is 9.28. The Morgan fingerprint density at radius 3 is 1.95 bits per heavy atom. The topological polar surface area (TPSA) is 62.9 Å². The van der Waals surface area contributed by atoms with E-state index in [9.17, 15) is 5.26 Å². The Kier molecular flexibility index (Phi) is 6.20. The summed E-state index contributed by atoms with van der Waals surface area (Å²) in [4.78, 5) is 1.95.